The lowest BCUT2D eigenvalue weighted by molar-refractivity contribution is -0.126. The molecular formula is C22H24N2O3. The Kier molecular flexibility index (Phi) is 5.31. The molecule has 1 atom stereocenters. The molecule has 140 valence electrons. The maximum atomic E-state index is 13.2. The molecule has 2 aromatic carbocycles. The van der Waals surface area contributed by atoms with Gasteiger partial charge >= 0.3 is 0 Å². The van der Waals surface area contributed by atoms with Crippen LogP contribution in [0.5, 0.6) is 5.75 Å². The van der Waals surface area contributed by atoms with Crippen molar-refractivity contribution in [3.63, 3.8) is 0 Å². The normalized spacial score (nSPS) is 15.4. The molecule has 0 saturated heterocycles. The molecule has 1 N–H and O–H groups in total. The molecule has 2 amide bonds. The summed E-state index contributed by atoms with van der Waals surface area (Å²) in [5.41, 5.74) is 4.64. The molecule has 1 aliphatic heterocycles. The van der Waals surface area contributed by atoms with Crippen molar-refractivity contribution in [1.82, 2.24) is 5.32 Å². The van der Waals surface area contributed by atoms with E-state index in [9.17, 15) is 9.59 Å². The average Bonchev–Trinajstić information content (AvgIpc) is 2.91. The van der Waals surface area contributed by atoms with Crippen molar-refractivity contribution in [1.29, 1.82) is 0 Å². The third kappa shape index (κ3) is 3.58. The van der Waals surface area contributed by atoms with Crippen LogP contribution >= 0.6 is 0 Å². The number of fused-ring (bicyclic) bond motifs is 1. The SMILES string of the molecule is C=CCOc1ccccc1CN1C(=O)[C@H](NC(C)=O)c2c(C)ccc(C)c21. The fourth-order valence-electron chi connectivity index (χ4n) is 3.52. The molecule has 0 bridgehead atoms. The Labute approximate surface area is 159 Å². The number of carbonyl (C=O) groups is 2. The van der Waals surface area contributed by atoms with E-state index in [2.05, 4.69) is 11.9 Å². The third-order valence-electron chi connectivity index (χ3n) is 4.71. The number of nitrogens with zero attached hydrogens (tertiary/aromatic N) is 1. The largest absolute Gasteiger partial charge is 0.489 e. The molecule has 0 fully saturated rings. The van der Waals surface area contributed by atoms with E-state index >= 15 is 0 Å². The number of rotatable bonds is 6. The van der Waals surface area contributed by atoms with Gasteiger partial charge in [-0.1, -0.05) is 43.0 Å². The minimum Gasteiger partial charge on any atom is -0.489 e. The summed E-state index contributed by atoms with van der Waals surface area (Å²) in [5.74, 6) is 0.368. The Hall–Kier alpha value is -3.08. The highest BCUT2D eigenvalue weighted by Crippen LogP contribution is 2.42. The monoisotopic (exact) mass is 364 g/mol. The van der Waals surface area contributed by atoms with Crippen LogP contribution in [0.15, 0.2) is 49.1 Å². The number of hydrogen-bond acceptors (Lipinski definition) is 3. The molecule has 5 heteroatoms. The summed E-state index contributed by atoms with van der Waals surface area (Å²) in [6, 6.07) is 11.0. The minimum absolute atomic E-state index is 0.129. The van der Waals surface area contributed by atoms with Crippen LogP contribution in [0.1, 0.15) is 35.2 Å². The van der Waals surface area contributed by atoms with Crippen molar-refractivity contribution in [3.05, 3.63) is 71.3 Å². The first-order valence-corrected chi connectivity index (χ1v) is 8.94. The number of ether oxygens (including phenoxy) is 1. The number of aryl methyl sites for hydroxylation is 2. The lowest BCUT2D eigenvalue weighted by atomic mass is 9.99. The van der Waals surface area contributed by atoms with Gasteiger partial charge < -0.3 is 15.0 Å². The van der Waals surface area contributed by atoms with E-state index in [1.54, 1.807) is 11.0 Å². The molecule has 2 aromatic rings. The summed E-state index contributed by atoms with van der Waals surface area (Å²) in [6.07, 6.45) is 1.69. The van der Waals surface area contributed by atoms with Gasteiger partial charge in [0.15, 0.2) is 0 Å². The molecule has 5 nitrogen and oxygen atoms in total. The Balaban J connectivity index is 2.03. The summed E-state index contributed by atoms with van der Waals surface area (Å²) in [5, 5.41) is 2.81. The van der Waals surface area contributed by atoms with Gasteiger partial charge in [0.25, 0.3) is 5.91 Å². The lowest BCUT2D eigenvalue weighted by Crippen LogP contribution is -2.36. The van der Waals surface area contributed by atoms with Crippen LogP contribution < -0.4 is 15.0 Å². The van der Waals surface area contributed by atoms with Gasteiger partial charge in [0.2, 0.25) is 5.91 Å². The zero-order valence-corrected chi connectivity index (χ0v) is 15.9. The van der Waals surface area contributed by atoms with Gasteiger partial charge in [0.1, 0.15) is 18.4 Å². The highest BCUT2D eigenvalue weighted by molar-refractivity contribution is 6.07. The first-order valence-electron chi connectivity index (χ1n) is 8.94. The van der Waals surface area contributed by atoms with Crippen molar-refractivity contribution in [2.24, 2.45) is 0 Å². The number of para-hydroxylation sites is 1. The molecule has 0 spiro atoms. The van der Waals surface area contributed by atoms with E-state index in [1.165, 1.54) is 6.92 Å². The maximum absolute atomic E-state index is 13.2. The smallest absolute Gasteiger partial charge is 0.254 e. The van der Waals surface area contributed by atoms with Crippen molar-refractivity contribution in [3.8, 4) is 5.75 Å². The van der Waals surface area contributed by atoms with E-state index < -0.39 is 6.04 Å². The Bertz CT molecular complexity index is 904. The van der Waals surface area contributed by atoms with Crippen LogP contribution in [0, 0.1) is 13.8 Å². The number of anilines is 1. The highest BCUT2D eigenvalue weighted by atomic mass is 16.5. The van der Waals surface area contributed by atoms with Crippen molar-refractivity contribution >= 4 is 17.5 Å². The second kappa shape index (κ2) is 7.66. The van der Waals surface area contributed by atoms with Gasteiger partial charge in [-0.25, -0.2) is 0 Å². The number of carbonyl (C=O) groups excluding carboxylic acids is 2. The maximum Gasteiger partial charge on any atom is 0.254 e. The van der Waals surface area contributed by atoms with E-state index in [1.807, 2.05) is 50.2 Å². The van der Waals surface area contributed by atoms with Gasteiger partial charge in [-0.15, -0.1) is 0 Å². The van der Waals surface area contributed by atoms with Crippen LogP contribution in [0.25, 0.3) is 0 Å². The molecule has 0 aromatic heterocycles. The van der Waals surface area contributed by atoms with Crippen LogP contribution in [0.3, 0.4) is 0 Å². The minimum atomic E-state index is -0.654. The molecule has 3 rings (SSSR count). The standard InChI is InChI=1S/C22H24N2O3/c1-5-12-27-18-9-7-6-8-17(18)13-24-21-15(3)11-10-14(2)19(21)20(22(24)26)23-16(4)25/h5-11,20H,1,12-13H2,2-4H3,(H,23,25)/t20-/m1/s1. The van der Waals surface area contributed by atoms with E-state index in [0.717, 1.165) is 33.7 Å². The van der Waals surface area contributed by atoms with Gasteiger partial charge in [-0.3, -0.25) is 9.59 Å². The van der Waals surface area contributed by atoms with Crippen molar-refractivity contribution in [2.45, 2.75) is 33.4 Å². The fourth-order valence-corrected chi connectivity index (χ4v) is 3.52. The molecule has 0 saturated carbocycles. The molecule has 0 radical (unpaired) electrons. The highest BCUT2D eigenvalue weighted by Gasteiger charge is 2.40. The first kappa shape index (κ1) is 18.7. The molecule has 1 aliphatic rings. The van der Waals surface area contributed by atoms with Crippen LogP contribution in [-0.4, -0.2) is 18.4 Å². The van der Waals surface area contributed by atoms with Gasteiger partial charge in [-0.05, 0) is 31.0 Å². The second-order valence-electron chi connectivity index (χ2n) is 6.73. The van der Waals surface area contributed by atoms with Gasteiger partial charge in [0.05, 0.1) is 12.2 Å². The zero-order chi connectivity index (χ0) is 19.6. The van der Waals surface area contributed by atoms with Gasteiger partial charge in [0, 0.05) is 18.1 Å². The third-order valence-corrected chi connectivity index (χ3v) is 4.71. The van der Waals surface area contributed by atoms with Crippen LogP contribution in [-0.2, 0) is 16.1 Å². The predicted octanol–water partition coefficient (Wildman–Crippen LogP) is 3.59. The van der Waals surface area contributed by atoms with Crippen molar-refractivity contribution < 1.29 is 14.3 Å². The predicted molar refractivity (Wildman–Crippen MR) is 106 cm³/mol. The first-order chi connectivity index (χ1) is 12.9. The number of benzene rings is 2. The summed E-state index contributed by atoms with van der Waals surface area (Å²) < 4.78 is 5.74. The topological polar surface area (TPSA) is 58.6 Å². The zero-order valence-electron chi connectivity index (χ0n) is 15.9. The number of amides is 2. The average molecular weight is 364 g/mol. The quantitative estimate of drug-likeness (QED) is 0.797. The lowest BCUT2D eigenvalue weighted by Gasteiger charge is -2.21. The van der Waals surface area contributed by atoms with E-state index in [4.69, 9.17) is 4.74 Å². The van der Waals surface area contributed by atoms with Crippen LogP contribution in [0.4, 0.5) is 5.69 Å². The summed E-state index contributed by atoms with van der Waals surface area (Å²) in [7, 11) is 0. The molecule has 0 unspecified atom stereocenters. The van der Waals surface area contributed by atoms with E-state index in [0.29, 0.717) is 13.2 Å². The van der Waals surface area contributed by atoms with Crippen molar-refractivity contribution in [2.75, 3.05) is 11.5 Å². The number of nitrogens with one attached hydrogen (secondary N) is 1. The summed E-state index contributed by atoms with van der Waals surface area (Å²) in [6.45, 7) is 9.83. The summed E-state index contributed by atoms with van der Waals surface area (Å²) >= 11 is 0. The Morgan fingerprint density at radius 2 is 1.93 bits per heavy atom. The fraction of sp³-hybridized carbons (Fsp3) is 0.273. The van der Waals surface area contributed by atoms with Crippen LogP contribution in [0.2, 0.25) is 0 Å². The Morgan fingerprint density at radius 3 is 2.63 bits per heavy atom. The van der Waals surface area contributed by atoms with Gasteiger partial charge in [-0.2, -0.15) is 0 Å². The molecular weight excluding hydrogens is 340 g/mol. The molecule has 1 heterocycles. The Morgan fingerprint density at radius 1 is 1.22 bits per heavy atom. The molecule has 27 heavy (non-hydrogen) atoms. The second-order valence-corrected chi connectivity index (χ2v) is 6.73. The summed E-state index contributed by atoms with van der Waals surface area (Å²) in [4.78, 5) is 26.6. The number of hydrogen-bond donors (Lipinski definition) is 1. The van der Waals surface area contributed by atoms with E-state index in [-0.39, 0.29) is 11.8 Å². The molecule has 0 aliphatic carbocycles.